The van der Waals surface area contributed by atoms with Crippen molar-refractivity contribution in [1.82, 2.24) is 0 Å². The van der Waals surface area contributed by atoms with Crippen molar-refractivity contribution in [3.63, 3.8) is 0 Å². The molecule has 0 aliphatic heterocycles. The summed E-state index contributed by atoms with van der Waals surface area (Å²) in [6, 6.07) is 0. The van der Waals surface area contributed by atoms with E-state index in [0.29, 0.717) is 5.41 Å². The van der Waals surface area contributed by atoms with Crippen LogP contribution in [0.15, 0.2) is 4.99 Å². The fraction of sp³-hybridized carbons (Fsp3) is 0.889. The SMILES string of the molecule is CCC(N)=NCC1CC1(C)C. The van der Waals surface area contributed by atoms with E-state index in [1.54, 1.807) is 0 Å². The molecule has 2 heteroatoms. The predicted molar refractivity (Wildman–Crippen MR) is 48.7 cm³/mol. The molecular weight excluding hydrogens is 136 g/mol. The Bertz CT molecular complexity index is 170. The third kappa shape index (κ3) is 2.21. The van der Waals surface area contributed by atoms with Crippen LogP contribution in [0.25, 0.3) is 0 Å². The number of hydrogen-bond acceptors (Lipinski definition) is 1. The van der Waals surface area contributed by atoms with E-state index in [2.05, 4.69) is 18.8 Å². The summed E-state index contributed by atoms with van der Waals surface area (Å²) in [5.41, 5.74) is 6.13. The number of nitrogens with zero attached hydrogens (tertiary/aromatic N) is 1. The minimum Gasteiger partial charge on any atom is -0.387 e. The van der Waals surface area contributed by atoms with Gasteiger partial charge in [-0.2, -0.15) is 0 Å². The Labute approximate surface area is 68.9 Å². The second-order valence-electron chi connectivity index (χ2n) is 4.08. The van der Waals surface area contributed by atoms with Crippen LogP contribution in [0.5, 0.6) is 0 Å². The van der Waals surface area contributed by atoms with Gasteiger partial charge in [-0.1, -0.05) is 20.8 Å². The normalized spacial score (nSPS) is 28.6. The molecule has 2 N–H and O–H groups in total. The van der Waals surface area contributed by atoms with E-state index in [4.69, 9.17) is 5.73 Å². The molecule has 1 unspecified atom stereocenters. The molecule has 1 aliphatic carbocycles. The Balaban J connectivity index is 2.25. The molecule has 0 heterocycles. The molecule has 11 heavy (non-hydrogen) atoms. The quantitative estimate of drug-likeness (QED) is 0.488. The van der Waals surface area contributed by atoms with Crippen molar-refractivity contribution >= 4 is 5.84 Å². The minimum atomic E-state index is 0.539. The minimum absolute atomic E-state index is 0.539. The van der Waals surface area contributed by atoms with E-state index >= 15 is 0 Å². The Morgan fingerprint density at radius 3 is 2.55 bits per heavy atom. The first-order valence-electron chi connectivity index (χ1n) is 4.35. The zero-order valence-corrected chi connectivity index (χ0v) is 7.72. The van der Waals surface area contributed by atoms with Gasteiger partial charge in [0.1, 0.15) is 0 Å². The Morgan fingerprint density at radius 1 is 1.64 bits per heavy atom. The molecule has 0 aromatic heterocycles. The first-order chi connectivity index (χ1) is 5.06. The molecular formula is C9H18N2. The van der Waals surface area contributed by atoms with E-state index < -0.39 is 0 Å². The van der Waals surface area contributed by atoms with Gasteiger partial charge in [-0.05, 0) is 17.8 Å². The highest BCUT2D eigenvalue weighted by molar-refractivity contribution is 5.79. The fourth-order valence-corrected chi connectivity index (χ4v) is 1.23. The maximum atomic E-state index is 5.59. The highest BCUT2D eigenvalue weighted by Crippen LogP contribution is 2.51. The van der Waals surface area contributed by atoms with Crippen molar-refractivity contribution < 1.29 is 0 Å². The van der Waals surface area contributed by atoms with E-state index in [0.717, 1.165) is 24.7 Å². The zero-order chi connectivity index (χ0) is 8.48. The lowest BCUT2D eigenvalue weighted by molar-refractivity contribution is 0.565. The molecule has 1 aliphatic rings. The van der Waals surface area contributed by atoms with E-state index in [-0.39, 0.29) is 0 Å². The summed E-state index contributed by atoms with van der Waals surface area (Å²) >= 11 is 0. The average molecular weight is 154 g/mol. The summed E-state index contributed by atoms with van der Waals surface area (Å²) in [6.45, 7) is 7.55. The summed E-state index contributed by atoms with van der Waals surface area (Å²) in [5, 5.41) is 0. The van der Waals surface area contributed by atoms with Crippen LogP contribution in [-0.2, 0) is 0 Å². The second-order valence-corrected chi connectivity index (χ2v) is 4.08. The molecule has 0 saturated heterocycles. The van der Waals surface area contributed by atoms with Crippen molar-refractivity contribution in [1.29, 1.82) is 0 Å². The molecule has 2 nitrogen and oxygen atoms in total. The van der Waals surface area contributed by atoms with Gasteiger partial charge in [-0.25, -0.2) is 0 Å². The van der Waals surface area contributed by atoms with Gasteiger partial charge in [0.05, 0.1) is 5.84 Å². The number of nitrogens with two attached hydrogens (primary N) is 1. The summed E-state index contributed by atoms with van der Waals surface area (Å²) in [4.78, 5) is 4.29. The van der Waals surface area contributed by atoms with Crippen molar-refractivity contribution in [2.45, 2.75) is 33.6 Å². The van der Waals surface area contributed by atoms with Gasteiger partial charge in [-0.15, -0.1) is 0 Å². The van der Waals surface area contributed by atoms with Crippen LogP contribution < -0.4 is 5.73 Å². The van der Waals surface area contributed by atoms with Crippen LogP contribution >= 0.6 is 0 Å². The molecule has 1 fully saturated rings. The predicted octanol–water partition coefficient (Wildman–Crippen LogP) is 1.80. The van der Waals surface area contributed by atoms with Gasteiger partial charge in [0.15, 0.2) is 0 Å². The van der Waals surface area contributed by atoms with E-state index in [9.17, 15) is 0 Å². The lowest BCUT2D eigenvalue weighted by Gasteiger charge is -1.99. The maximum Gasteiger partial charge on any atom is 0.0934 e. The molecule has 0 bridgehead atoms. The number of rotatable bonds is 3. The van der Waals surface area contributed by atoms with Crippen molar-refractivity contribution in [3.05, 3.63) is 0 Å². The number of aliphatic imine (C=N–C) groups is 1. The molecule has 64 valence electrons. The first-order valence-corrected chi connectivity index (χ1v) is 4.35. The molecule has 0 amide bonds. The van der Waals surface area contributed by atoms with Crippen LogP contribution in [0.1, 0.15) is 33.6 Å². The topological polar surface area (TPSA) is 38.4 Å². The summed E-state index contributed by atoms with van der Waals surface area (Å²) in [7, 11) is 0. The van der Waals surface area contributed by atoms with Gasteiger partial charge in [0.2, 0.25) is 0 Å². The Hall–Kier alpha value is -0.530. The van der Waals surface area contributed by atoms with Crippen LogP contribution in [0.2, 0.25) is 0 Å². The van der Waals surface area contributed by atoms with E-state index in [1.807, 2.05) is 6.92 Å². The maximum absolute atomic E-state index is 5.59. The molecule has 0 radical (unpaired) electrons. The Kier molecular flexibility index (Phi) is 2.21. The molecule has 1 rings (SSSR count). The van der Waals surface area contributed by atoms with Gasteiger partial charge >= 0.3 is 0 Å². The van der Waals surface area contributed by atoms with Gasteiger partial charge in [-0.3, -0.25) is 4.99 Å². The van der Waals surface area contributed by atoms with Crippen LogP contribution in [0, 0.1) is 11.3 Å². The zero-order valence-electron chi connectivity index (χ0n) is 7.72. The largest absolute Gasteiger partial charge is 0.387 e. The molecule has 1 atom stereocenters. The highest BCUT2D eigenvalue weighted by atomic mass is 14.9. The van der Waals surface area contributed by atoms with Crippen molar-refractivity contribution in [2.24, 2.45) is 22.1 Å². The lowest BCUT2D eigenvalue weighted by atomic mass is 10.1. The first kappa shape index (κ1) is 8.57. The molecule has 1 saturated carbocycles. The van der Waals surface area contributed by atoms with Crippen molar-refractivity contribution in [2.75, 3.05) is 6.54 Å². The van der Waals surface area contributed by atoms with Gasteiger partial charge in [0, 0.05) is 13.0 Å². The fourth-order valence-electron chi connectivity index (χ4n) is 1.23. The van der Waals surface area contributed by atoms with Crippen LogP contribution in [0.4, 0.5) is 0 Å². The van der Waals surface area contributed by atoms with Crippen LogP contribution in [-0.4, -0.2) is 12.4 Å². The molecule has 0 aromatic rings. The summed E-state index contributed by atoms with van der Waals surface area (Å²) in [5.74, 6) is 1.58. The molecule has 0 aromatic carbocycles. The standard InChI is InChI=1S/C9H18N2/c1-4-8(10)11-6-7-5-9(7,2)3/h7H,4-6H2,1-3H3,(H2,10,11). The van der Waals surface area contributed by atoms with Gasteiger partial charge in [0.25, 0.3) is 0 Å². The third-order valence-corrected chi connectivity index (χ3v) is 2.59. The number of amidine groups is 1. The number of hydrogen-bond donors (Lipinski definition) is 1. The van der Waals surface area contributed by atoms with Gasteiger partial charge < -0.3 is 5.73 Å². The summed E-state index contributed by atoms with van der Waals surface area (Å²) in [6.07, 6.45) is 2.20. The highest BCUT2D eigenvalue weighted by Gasteiger charge is 2.44. The second kappa shape index (κ2) is 2.84. The monoisotopic (exact) mass is 154 g/mol. The summed E-state index contributed by atoms with van der Waals surface area (Å²) < 4.78 is 0. The smallest absolute Gasteiger partial charge is 0.0934 e. The lowest BCUT2D eigenvalue weighted by Crippen LogP contribution is -2.11. The van der Waals surface area contributed by atoms with E-state index in [1.165, 1.54) is 6.42 Å². The Morgan fingerprint density at radius 2 is 2.18 bits per heavy atom. The molecule has 0 spiro atoms. The third-order valence-electron chi connectivity index (χ3n) is 2.59. The van der Waals surface area contributed by atoms with Crippen molar-refractivity contribution in [3.8, 4) is 0 Å². The average Bonchev–Trinajstić information content (AvgIpc) is 2.54. The van der Waals surface area contributed by atoms with Crippen LogP contribution in [0.3, 0.4) is 0 Å².